The average molecular weight is 323 g/mol. The summed E-state index contributed by atoms with van der Waals surface area (Å²) >= 11 is 0. The number of aryl methyl sites for hydroxylation is 2. The fourth-order valence-corrected chi connectivity index (χ4v) is 3.49. The molecule has 0 spiro atoms. The van der Waals surface area contributed by atoms with Crippen molar-refractivity contribution in [2.45, 2.75) is 25.8 Å². The van der Waals surface area contributed by atoms with Crippen molar-refractivity contribution in [1.29, 1.82) is 0 Å². The van der Waals surface area contributed by atoms with Gasteiger partial charge in [0.25, 0.3) is 0 Å². The van der Waals surface area contributed by atoms with E-state index in [1.807, 2.05) is 12.4 Å². The van der Waals surface area contributed by atoms with E-state index in [0.717, 1.165) is 44.2 Å². The summed E-state index contributed by atoms with van der Waals surface area (Å²) in [6.45, 7) is 4.92. The number of hydrogen-bond acceptors (Lipinski definition) is 5. The van der Waals surface area contributed by atoms with Gasteiger partial charge in [0, 0.05) is 56.4 Å². The zero-order chi connectivity index (χ0) is 16.4. The van der Waals surface area contributed by atoms with Crippen LogP contribution in [0.1, 0.15) is 23.1 Å². The standard InChI is InChI=1S/C19H25N5/c1-23-7-9-24(10-8-23)19-21-13-15(14-22-19)12-20-18-6-5-16-3-2-4-17(16)11-18/h5-6,11,13-14,20H,2-4,7-10,12H2,1H3. The largest absolute Gasteiger partial charge is 0.381 e. The molecule has 4 rings (SSSR count). The van der Waals surface area contributed by atoms with Crippen molar-refractivity contribution in [3.8, 4) is 0 Å². The van der Waals surface area contributed by atoms with Crippen LogP contribution in [0, 0.1) is 0 Å². The van der Waals surface area contributed by atoms with Crippen LogP contribution in [0.2, 0.25) is 0 Å². The van der Waals surface area contributed by atoms with Crippen LogP contribution in [0.25, 0.3) is 0 Å². The van der Waals surface area contributed by atoms with Gasteiger partial charge in [-0.2, -0.15) is 0 Å². The molecule has 2 heterocycles. The van der Waals surface area contributed by atoms with E-state index in [4.69, 9.17) is 0 Å². The van der Waals surface area contributed by atoms with Crippen molar-refractivity contribution in [2.75, 3.05) is 43.4 Å². The summed E-state index contributed by atoms with van der Waals surface area (Å²) in [5.41, 5.74) is 5.33. The summed E-state index contributed by atoms with van der Waals surface area (Å²) in [5.74, 6) is 0.851. The maximum atomic E-state index is 4.55. The molecule has 0 unspecified atom stereocenters. The van der Waals surface area contributed by atoms with Gasteiger partial charge in [-0.25, -0.2) is 9.97 Å². The van der Waals surface area contributed by atoms with Crippen LogP contribution in [0.3, 0.4) is 0 Å². The molecule has 0 bridgehead atoms. The van der Waals surface area contributed by atoms with Gasteiger partial charge in [-0.1, -0.05) is 6.07 Å². The third-order valence-electron chi connectivity index (χ3n) is 5.07. The lowest BCUT2D eigenvalue weighted by Crippen LogP contribution is -2.45. The Bertz CT molecular complexity index is 689. The number of hydrogen-bond donors (Lipinski definition) is 1. The Kier molecular flexibility index (Phi) is 4.34. The Labute approximate surface area is 143 Å². The van der Waals surface area contributed by atoms with Crippen molar-refractivity contribution in [1.82, 2.24) is 14.9 Å². The normalized spacial score (nSPS) is 17.8. The van der Waals surface area contributed by atoms with Crippen molar-refractivity contribution in [3.05, 3.63) is 47.3 Å². The molecule has 2 aromatic rings. The summed E-state index contributed by atoms with van der Waals surface area (Å²) in [6, 6.07) is 6.74. The van der Waals surface area contributed by atoms with Gasteiger partial charge in [0.05, 0.1) is 0 Å². The third kappa shape index (κ3) is 3.36. The average Bonchev–Trinajstić information content (AvgIpc) is 3.09. The number of piperazine rings is 1. The van der Waals surface area contributed by atoms with Crippen molar-refractivity contribution >= 4 is 11.6 Å². The molecule has 5 heteroatoms. The highest BCUT2D eigenvalue weighted by Gasteiger charge is 2.16. The first kappa shape index (κ1) is 15.4. The lowest BCUT2D eigenvalue weighted by Gasteiger charge is -2.32. The lowest BCUT2D eigenvalue weighted by atomic mass is 10.1. The van der Waals surface area contributed by atoms with E-state index in [9.17, 15) is 0 Å². The van der Waals surface area contributed by atoms with Crippen molar-refractivity contribution < 1.29 is 0 Å². The molecule has 1 aliphatic heterocycles. The number of benzene rings is 1. The molecule has 0 atom stereocenters. The highest BCUT2D eigenvalue weighted by atomic mass is 15.3. The smallest absolute Gasteiger partial charge is 0.225 e. The molecular weight excluding hydrogens is 298 g/mol. The molecule has 2 aliphatic rings. The zero-order valence-electron chi connectivity index (χ0n) is 14.3. The third-order valence-corrected chi connectivity index (χ3v) is 5.07. The van der Waals surface area contributed by atoms with Crippen LogP contribution in [0.5, 0.6) is 0 Å². The van der Waals surface area contributed by atoms with E-state index in [1.54, 1.807) is 0 Å². The van der Waals surface area contributed by atoms with E-state index >= 15 is 0 Å². The zero-order valence-corrected chi connectivity index (χ0v) is 14.3. The summed E-state index contributed by atoms with van der Waals surface area (Å²) < 4.78 is 0. The van der Waals surface area contributed by atoms with E-state index in [2.05, 4.69) is 50.3 Å². The van der Waals surface area contributed by atoms with Gasteiger partial charge < -0.3 is 15.1 Å². The minimum absolute atomic E-state index is 0.766. The van der Waals surface area contributed by atoms with Crippen LogP contribution in [0.4, 0.5) is 11.6 Å². The quantitative estimate of drug-likeness (QED) is 0.935. The molecular formula is C19H25N5. The molecule has 24 heavy (non-hydrogen) atoms. The molecule has 0 amide bonds. The predicted octanol–water partition coefficient (Wildman–Crippen LogP) is 2.33. The van der Waals surface area contributed by atoms with Crippen LogP contribution < -0.4 is 10.2 Å². The van der Waals surface area contributed by atoms with Gasteiger partial charge >= 0.3 is 0 Å². The Morgan fingerprint density at radius 2 is 1.75 bits per heavy atom. The molecule has 1 aromatic heterocycles. The number of likely N-dealkylation sites (N-methyl/N-ethyl adjacent to an activating group) is 1. The number of anilines is 2. The van der Waals surface area contributed by atoms with Gasteiger partial charge in [-0.15, -0.1) is 0 Å². The van der Waals surface area contributed by atoms with E-state index in [0.29, 0.717) is 0 Å². The number of aromatic nitrogens is 2. The maximum Gasteiger partial charge on any atom is 0.225 e. The molecule has 0 saturated carbocycles. The lowest BCUT2D eigenvalue weighted by molar-refractivity contribution is 0.311. The highest BCUT2D eigenvalue weighted by molar-refractivity contribution is 5.50. The highest BCUT2D eigenvalue weighted by Crippen LogP contribution is 2.25. The van der Waals surface area contributed by atoms with Gasteiger partial charge in [0.15, 0.2) is 0 Å². The van der Waals surface area contributed by atoms with Gasteiger partial charge in [0.2, 0.25) is 5.95 Å². The Hall–Kier alpha value is -2.14. The molecule has 1 N–H and O–H groups in total. The molecule has 1 fully saturated rings. The van der Waals surface area contributed by atoms with Crippen LogP contribution in [-0.4, -0.2) is 48.1 Å². The number of rotatable bonds is 4. The molecule has 0 radical (unpaired) electrons. The van der Waals surface area contributed by atoms with Gasteiger partial charge in [0.1, 0.15) is 0 Å². The molecule has 1 saturated heterocycles. The minimum atomic E-state index is 0.766. The second-order valence-corrected chi connectivity index (χ2v) is 6.87. The molecule has 5 nitrogen and oxygen atoms in total. The first-order chi connectivity index (χ1) is 11.8. The van der Waals surface area contributed by atoms with Crippen LogP contribution >= 0.6 is 0 Å². The summed E-state index contributed by atoms with van der Waals surface area (Å²) in [6.07, 6.45) is 7.63. The first-order valence-electron chi connectivity index (χ1n) is 8.88. The van der Waals surface area contributed by atoms with Crippen LogP contribution in [0.15, 0.2) is 30.6 Å². The predicted molar refractivity (Wildman–Crippen MR) is 97.5 cm³/mol. The Balaban J connectivity index is 1.35. The first-order valence-corrected chi connectivity index (χ1v) is 8.88. The summed E-state index contributed by atoms with van der Waals surface area (Å²) in [4.78, 5) is 13.7. The van der Waals surface area contributed by atoms with Gasteiger partial charge in [-0.05, 0) is 49.6 Å². The Morgan fingerprint density at radius 3 is 2.54 bits per heavy atom. The summed E-state index contributed by atoms with van der Waals surface area (Å²) in [5, 5.41) is 3.50. The topological polar surface area (TPSA) is 44.3 Å². The fourth-order valence-electron chi connectivity index (χ4n) is 3.49. The maximum absolute atomic E-state index is 4.55. The monoisotopic (exact) mass is 323 g/mol. The number of nitrogens with one attached hydrogen (secondary N) is 1. The van der Waals surface area contributed by atoms with E-state index < -0.39 is 0 Å². The van der Waals surface area contributed by atoms with E-state index in [1.165, 1.54) is 36.1 Å². The molecule has 1 aromatic carbocycles. The summed E-state index contributed by atoms with van der Waals surface area (Å²) in [7, 11) is 2.16. The van der Waals surface area contributed by atoms with Gasteiger partial charge in [-0.3, -0.25) is 0 Å². The number of fused-ring (bicyclic) bond motifs is 1. The SMILES string of the molecule is CN1CCN(c2ncc(CNc3ccc4c(c3)CCC4)cn2)CC1. The fraction of sp³-hybridized carbons (Fsp3) is 0.474. The second-order valence-electron chi connectivity index (χ2n) is 6.87. The van der Waals surface area contributed by atoms with E-state index in [-0.39, 0.29) is 0 Å². The van der Waals surface area contributed by atoms with Crippen molar-refractivity contribution in [3.63, 3.8) is 0 Å². The second kappa shape index (κ2) is 6.77. The van der Waals surface area contributed by atoms with Crippen LogP contribution in [-0.2, 0) is 19.4 Å². The van der Waals surface area contributed by atoms with Crippen molar-refractivity contribution in [2.24, 2.45) is 0 Å². The number of nitrogens with zero attached hydrogens (tertiary/aromatic N) is 4. The molecule has 1 aliphatic carbocycles. The minimum Gasteiger partial charge on any atom is -0.381 e. The molecule has 126 valence electrons. The Morgan fingerprint density at radius 1 is 1.00 bits per heavy atom.